The summed E-state index contributed by atoms with van der Waals surface area (Å²) in [6.07, 6.45) is 0. The zero-order valence-corrected chi connectivity index (χ0v) is 12.5. The molecule has 0 aromatic heterocycles. The van der Waals surface area contributed by atoms with Gasteiger partial charge in [0.15, 0.2) is 0 Å². The Morgan fingerprint density at radius 2 is 2.11 bits per heavy atom. The Morgan fingerprint density at radius 1 is 1.53 bits per heavy atom. The van der Waals surface area contributed by atoms with Crippen LogP contribution in [0, 0.1) is 10.1 Å². The van der Waals surface area contributed by atoms with E-state index in [-0.39, 0.29) is 5.69 Å². The van der Waals surface area contributed by atoms with Crippen LogP contribution in [0.1, 0.15) is 19.4 Å². The molecule has 0 radical (unpaired) electrons. The average Bonchev–Trinajstić information content (AvgIpc) is 2.30. The fraction of sp³-hybridized carbons (Fsp3) is 0.417. The third kappa shape index (κ3) is 3.30. The first-order valence-corrected chi connectivity index (χ1v) is 6.33. The first kappa shape index (κ1) is 15.6. The fourth-order valence-electron chi connectivity index (χ4n) is 1.45. The Bertz CT molecular complexity index is 516. The van der Waals surface area contributed by atoms with E-state index in [2.05, 4.69) is 15.9 Å². The predicted octanol–water partition coefficient (Wildman–Crippen LogP) is 2.65. The van der Waals surface area contributed by atoms with Crippen LogP contribution >= 0.6 is 15.9 Å². The van der Waals surface area contributed by atoms with Crippen LogP contribution in [0.25, 0.3) is 0 Å². The topological polar surface area (TPSA) is 83.7 Å². The number of rotatable bonds is 5. The third-order valence-electron chi connectivity index (χ3n) is 3.14. The maximum absolute atomic E-state index is 11.2. The van der Waals surface area contributed by atoms with Crippen LogP contribution in [0.4, 0.5) is 5.69 Å². The van der Waals surface area contributed by atoms with Crippen LogP contribution in [0.3, 0.4) is 0 Å². The lowest BCUT2D eigenvalue weighted by Crippen LogP contribution is -2.47. The number of nitro benzene ring substituents is 1. The second-order valence-corrected chi connectivity index (χ2v) is 5.52. The number of carboxylic acid groups (broad SMARTS) is 1. The van der Waals surface area contributed by atoms with Crippen molar-refractivity contribution in [2.24, 2.45) is 0 Å². The molecule has 0 saturated heterocycles. The Morgan fingerprint density at radius 3 is 2.58 bits per heavy atom. The number of carbonyl (C=O) groups is 1. The summed E-state index contributed by atoms with van der Waals surface area (Å²) in [5.74, 6) is -0.948. The Kier molecular flexibility index (Phi) is 4.65. The quantitative estimate of drug-likeness (QED) is 0.662. The molecule has 0 aliphatic carbocycles. The number of benzene rings is 1. The van der Waals surface area contributed by atoms with Gasteiger partial charge in [-0.3, -0.25) is 19.8 Å². The molecule has 1 rings (SSSR count). The molecule has 0 fully saturated rings. The summed E-state index contributed by atoms with van der Waals surface area (Å²) < 4.78 is 0.382. The lowest BCUT2D eigenvalue weighted by molar-refractivity contribution is -0.385. The second-order valence-electron chi connectivity index (χ2n) is 4.73. The molecule has 7 heteroatoms. The van der Waals surface area contributed by atoms with Crippen molar-refractivity contribution in [3.05, 3.63) is 38.3 Å². The fourth-order valence-corrected chi connectivity index (χ4v) is 1.98. The first-order valence-electron chi connectivity index (χ1n) is 5.54. The van der Waals surface area contributed by atoms with Gasteiger partial charge < -0.3 is 5.11 Å². The molecule has 0 aliphatic heterocycles. The molecular weight excluding hydrogens is 316 g/mol. The van der Waals surface area contributed by atoms with Crippen molar-refractivity contribution < 1.29 is 14.8 Å². The van der Waals surface area contributed by atoms with Gasteiger partial charge in [0.1, 0.15) is 5.54 Å². The van der Waals surface area contributed by atoms with Gasteiger partial charge in [-0.05, 0) is 42.4 Å². The number of aliphatic carboxylic acids is 1. The highest BCUT2D eigenvalue weighted by Gasteiger charge is 2.32. The van der Waals surface area contributed by atoms with Gasteiger partial charge in [0, 0.05) is 12.6 Å². The van der Waals surface area contributed by atoms with Crippen LogP contribution in [0.15, 0.2) is 22.7 Å². The summed E-state index contributed by atoms with van der Waals surface area (Å²) in [4.78, 5) is 23.1. The van der Waals surface area contributed by atoms with Gasteiger partial charge in [0.25, 0.3) is 5.69 Å². The molecule has 0 bridgehead atoms. The molecule has 0 saturated carbocycles. The lowest BCUT2D eigenvalue weighted by atomic mass is 10.0. The van der Waals surface area contributed by atoms with Gasteiger partial charge in [-0.2, -0.15) is 0 Å². The molecular formula is C12H15BrN2O4. The largest absolute Gasteiger partial charge is 0.480 e. The molecule has 0 heterocycles. The highest BCUT2D eigenvalue weighted by Crippen LogP contribution is 2.30. The normalized spacial score (nSPS) is 11.6. The molecule has 0 spiro atoms. The highest BCUT2D eigenvalue weighted by molar-refractivity contribution is 9.10. The monoisotopic (exact) mass is 330 g/mol. The number of carboxylic acids is 1. The van der Waals surface area contributed by atoms with Crippen LogP contribution in [-0.4, -0.2) is 33.5 Å². The summed E-state index contributed by atoms with van der Waals surface area (Å²) in [7, 11) is 1.67. The summed E-state index contributed by atoms with van der Waals surface area (Å²) in [5, 5.41) is 20.0. The van der Waals surface area contributed by atoms with E-state index >= 15 is 0 Å². The Balaban J connectivity index is 3.04. The van der Waals surface area contributed by atoms with Gasteiger partial charge in [-0.25, -0.2) is 0 Å². The maximum Gasteiger partial charge on any atom is 0.323 e. The van der Waals surface area contributed by atoms with E-state index in [0.717, 1.165) is 0 Å². The SMILES string of the molecule is CN(Cc1cccc([N+](=O)[O-])c1Br)C(C)(C)C(=O)O. The number of hydrogen-bond donors (Lipinski definition) is 1. The zero-order valence-electron chi connectivity index (χ0n) is 10.9. The molecule has 1 N–H and O–H groups in total. The molecule has 1 aromatic rings. The van der Waals surface area contributed by atoms with E-state index in [1.165, 1.54) is 6.07 Å². The van der Waals surface area contributed by atoms with Gasteiger partial charge >= 0.3 is 5.97 Å². The van der Waals surface area contributed by atoms with Crippen molar-refractivity contribution in [2.45, 2.75) is 25.9 Å². The molecule has 0 aliphatic rings. The second kappa shape index (κ2) is 5.66. The van der Waals surface area contributed by atoms with Crippen LogP contribution in [0.5, 0.6) is 0 Å². The van der Waals surface area contributed by atoms with E-state index in [9.17, 15) is 14.9 Å². The maximum atomic E-state index is 11.2. The zero-order chi connectivity index (χ0) is 14.8. The Labute approximate surface area is 119 Å². The van der Waals surface area contributed by atoms with Gasteiger partial charge in [0.05, 0.1) is 9.40 Å². The lowest BCUT2D eigenvalue weighted by Gasteiger charge is -2.31. The van der Waals surface area contributed by atoms with E-state index in [0.29, 0.717) is 16.6 Å². The van der Waals surface area contributed by atoms with E-state index in [4.69, 9.17) is 5.11 Å². The summed E-state index contributed by atoms with van der Waals surface area (Å²) in [6.45, 7) is 3.46. The molecule has 0 atom stereocenters. The number of halogens is 1. The average molecular weight is 331 g/mol. The van der Waals surface area contributed by atoms with Crippen LogP contribution in [0.2, 0.25) is 0 Å². The Hall–Kier alpha value is -1.47. The van der Waals surface area contributed by atoms with Crippen molar-refractivity contribution in [1.29, 1.82) is 0 Å². The molecule has 1 aromatic carbocycles. The smallest absolute Gasteiger partial charge is 0.323 e. The summed E-state index contributed by atoms with van der Waals surface area (Å²) in [5.41, 5.74) is -0.408. The number of hydrogen-bond acceptors (Lipinski definition) is 4. The minimum atomic E-state index is -1.05. The number of nitro groups is 1. The standard InChI is InChI=1S/C12H15BrN2O4/c1-12(2,11(16)17)14(3)7-8-5-4-6-9(10(8)13)15(18)19/h4-6H,7H2,1-3H3,(H,16,17). The summed E-state index contributed by atoms with van der Waals surface area (Å²) in [6, 6.07) is 4.71. The predicted molar refractivity (Wildman–Crippen MR) is 74.0 cm³/mol. The highest BCUT2D eigenvalue weighted by atomic mass is 79.9. The van der Waals surface area contributed by atoms with Crippen molar-refractivity contribution in [1.82, 2.24) is 4.90 Å². The third-order valence-corrected chi connectivity index (χ3v) is 4.06. The number of likely N-dealkylation sites (N-methyl/N-ethyl adjacent to an activating group) is 1. The van der Waals surface area contributed by atoms with Crippen LogP contribution < -0.4 is 0 Å². The minimum absolute atomic E-state index is 0.0287. The molecule has 104 valence electrons. The molecule has 6 nitrogen and oxygen atoms in total. The van der Waals surface area contributed by atoms with E-state index in [1.54, 1.807) is 37.9 Å². The van der Waals surface area contributed by atoms with Gasteiger partial charge in [0.2, 0.25) is 0 Å². The van der Waals surface area contributed by atoms with Gasteiger partial charge in [-0.1, -0.05) is 12.1 Å². The molecule has 19 heavy (non-hydrogen) atoms. The molecule has 0 unspecified atom stereocenters. The summed E-state index contributed by atoms with van der Waals surface area (Å²) >= 11 is 3.20. The van der Waals surface area contributed by atoms with Crippen LogP contribution in [-0.2, 0) is 11.3 Å². The van der Waals surface area contributed by atoms with E-state index in [1.807, 2.05) is 0 Å². The van der Waals surface area contributed by atoms with Crippen molar-refractivity contribution in [3.8, 4) is 0 Å². The molecule has 0 amide bonds. The van der Waals surface area contributed by atoms with Crippen molar-refractivity contribution >= 4 is 27.6 Å². The number of nitrogens with zero attached hydrogens (tertiary/aromatic N) is 2. The van der Waals surface area contributed by atoms with E-state index < -0.39 is 16.4 Å². The van der Waals surface area contributed by atoms with Crippen molar-refractivity contribution in [2.75, 3.05) is 7.05 Å². The van der Waals surface area contributed by atoms with Gasteiger partial charge in [-0.15, -0.1) is 0 Å². The minimum Gasteiger partial charge on any atom is -0.480 e. The first-order chi connectivity index (χ1) is 8.67. The van der Waals surface area contributed by atoms with Crippen molar-refractivity contribution in [3.63, 3.8) is 0 Å².